The number of hydrogen-bond acceptors (Lipinski definition) is 2. The molecule has 0 bridgehead atoms. The second-order valence-electron chi connectivity index (χ2n) is 3.81. The van der Waals surface area contributed by atoms with E-state index in [9.17, 15) is 4.79 Å². The molecular weight excluding hydrogens is 330 g/mol. The predicted octanol–water partition coefficient (Wildman–Crippen LogP) is 4.36. The number of nitrogens with one attached hydrogen (secondary N) is 1. The highest BCUT2D eigenvalue weighted by Crippen LogP contribution is 2.23. The summed E-state index contributed by atoms with van der Waals surface area (Å²) in [5.41, 5.74) is 1.07. The minimum absolute atomic E-state index is 0.264. The van der Waals surface area contributed by atoms with Crippen molar-refractivity contribution in [3.8, 4) is 5.75 Å². The Labute approximate surface area is 124 Å². The van der Waals surface area contributed by atoms with E-state index in [1.165, 1.54) is 0 Å². The lowest BCUT2D eigenvalue weighted by Gasteiger charge is -2.08. The zero-order chi connectivity index (χ0) is 13.8. The van der Waals surface area contributed by atoms with Gasteiger partial charge < -0.3 is 10.1 Å². The summed E-state index contributed by atoms with van der Waals surface area (Å²) in [4.78, 5) is 12.1. The lowest BCUT2D eigenvalue weighted by molar-refractivity contribution is 0.102. The summed E-state index contributed by atoms with van der Waals surface area (Å²) in [5.74, 6) is 0.415. The molecule has 19 heavy (non-hydrogen) atoms. The van der Waals surface area contributed by atoms with Gasteiger partial charge in [-0.25, -0.2) is 0 Å². The van der Waals surface area contributed by atoms with E-state index in [4.69, 9.17) is 16.3 Å². The van der Waals surface area contributed by atoms with Crippen LogP contribution < -0.4 is 10.1 Å². The number of halogens is 2. The fourth-order valence-electron chi connectivity index (χ4n) is 1.57. The molecule has 0 heterocycles. The summed E-state index contributed by atoms with van der Waals surface area (Å²) in [6.45, 7) is 0. The Bertz CT molecular complexity index is 616. The van der Waals surface area contributed by atoms with Gasteiger partial charge in [0.25, 0.3) is 5.91 Å². The van der Waals surface area contributed by atoms with E-state index in [1.807, 2.05) is 6.07 Å². The average molecular weight is 341 g/mol. The Morgan fingerprint density at radius 2 is 2.05 bits per heavy atom. The third-order valence-electron chi connectivity index (χ3n) is 2.50. The molecule has 1 N–H and O–H groups in total. The summed E-state index contributed by atoms with van der Waals surface area (Å²) < 4.78 is 5.90. The molecule has 0 aliphatic heterocycles. The normalized spacial score (nSPS) is 10.1. The molecule has 0 aliphatic rings. The van der Waals surface area contributed by atoms with Gasteiger partial charge in [-0.3, -0.25) is 4.79 Å². The zero-order valence-corrected chi connectivity index (χ0v) is 12.5. The highest BCUT2D eigenvalue weighted by Gasteiger charge is 2.11. The van der Waals surface area contributed by atoms with Gasteiger partial charge in [-0.15, -0.1) is 0 Å². The van der Waals surface area contributed by atoms with E-state index in [1.54, 1.807) is 43.5 Å². The molecule has 3 nitrogen and oxygen atoms in total. The number of methoxy groups -OCH3 is 1. The summed E-state index contributed by atoms with van der Waals surface area (Å²) >= 11 is 9.32. The third-order valence-corrected chi connectivity index (χ3v) is 3.32. The molecule has 0 spiro atoms. The number of carbonyl (C=O) groups excluding carboxylic acids is 1. The minimum Gasteiger partial charge on any atom is -0.497 e. The minimum atomic E-state index is -0.264. The topological polar surface area (TPSA) is 38.3 Å². The van der Waals surface area contributed by atoms with Crippen LogP contribution in [0.25, 0.3) is 0 Å². The number of carbonyl (C=O) groups is 1. The largest absolute Gasteiger partial charge is 0.497 e. The number of rotatable bonds is 3. The molecule has 1 amide bonds. The maximum absolute atomic E-state index is 12.1. The predicted molar refractivity (Wildman–Crippen MR) is 80.1 cm³/mol. The molecule has 98 valence electrons. The second-order valence-corrected chi connectivity index (χ2v) is 5.13. The van der Waals surface area contributed by atoms with E-state index in [2.05, 4.69) is 21.2 Å². The number of amides is 1. The van der Waals surface area contributed by atoms with Crippen LogP contribution in [0.4, 0.5) is 5.69 Å². The van der Waals surface area contributed by atoms with E-state index in [-0.39, 0.29) is 5.91 Å². The van der Waals surface area contributed by atoms with Crippen LogP contribution in [0.5, 0.6) is 5.75 Å². The van der Waals surface area contributed by atoms with Gasteiger partial charge in [0.05, 0.1) is 17.7 Å². The number of benzene rings is 2. The van der Waals surface area contributed by atoms with Crippen LogP contribution in [0, 0.1) is 0 Å². The molecule has 0 atom stereocenters. The van der Waals surface area contributed by atoms with Crippen molar-refractivity contribution < 1.29 is 9.53 Å². The SMILES string of the molecule is COc1cccc(NC(=O)c2cc(Br)ccc2Cl)c1. The first-order valence-electron chi connectivity index (χ1n) is 5.50. The van der Waals surface area contributed by atoms with Gasteiger partial charge in [0.1, 0.15) is 5.75 Å². The van der Waals surface area contributed by atoms with E-state index < -0.39 is 0 Å². The van der Waals surface area contributed by atoms with E-state index >= 15 is 0 Å². The van der Waals surface area contributed by atoms with Crippen LogP contribution in [-0.4, -0.2) is 13.0 Å². The van der Waals surface area contributed by atoms with Crippen molar-refractivity contribution >= 4 is 39.1 Å². The summed E-state index contributed by atoms with van der Waals surface area (Å²) in [6, 6.07) is 12.3. The smallest absolute Gasteiger partial charge is 0.257 e. The Morgan fingerprint density at radius 1 is 1.26 bits per heavy atom. The maximum atomic E-state index is 12.1. The summed E-state index contributed by atoms with van der Waals surface area (Å²) in [6.07, 6.45) is 0. The van der Waals surface area contributed by atoms with Crippen LogP contribution in [0.2, 0.25) is 5.02 Å². The van der Waals surface area contributed by atoms with Crippen molar-refractivity contribution in [1.82, 2.24) is 0 Å². The molecule has 0 saturated heterocycles. The lowest BCUT2D eigenvalue weighted by Crippen LogP contribution is -2.12. The van der Waals surface area contributed by atoms with Crippen LogP contribution in [0.3, 0.4) is 0 Å². The first kappa shape index (κ1) is 13.9. The van der Waals surface area contributed by atoms with Crippen LogP contribution in [0.1, 0.15) is 10.4 Å². The Morgan fingerprint density at radius 3 is 2.79 bits per heavy atom. The average Bonchev–Trinajstić information content (AvgIpc) is 2.41. The first-order chi connectivity index (χ1) is 9.10. The van der Waals surface area contributed by atoms with Crippen LogP contribution in [-0.2, 0) is 0 Å². The Kier molecular flexibility index (Phi) is 4.45. The number of ether oxygens (including phenoxy) is 1. The van der Waals surface area contributed by atoms with Gasteiger partial charge in [-0.1, -0.05) is 33.6 Å². The van der Waals surface area contributed by atoms with Gasteiger partial charge in [0.2, 0.25) is 0 Å². The van der Waals surface area contributed by atoms with Crippen molar-refractivity contribution in [3.63, 3.8) is 0 Å². The molecule has 0 aliphatic carbocycles. The van der Waals surface area contributed by atoms with Gasteiger partial charge in [-0.05, 0) is 30.3 Å². The standard InChI is InChI=1S/C14H11BrClNO2/c1-19-11-4-2-3-10(8-11)17-14(18)12-7-9(15)5-6-13(12)16/h2-8H,1H3,(H,17,18). The molecule has 0 aromatic heterocycles. The van der Waals surface area contributed by atoms with Crippen molar-refractivity contribution in [1.29, 1.82) is 0 Å². The molecular formula is C14H11BrClNO2. The molecule has 0 fully saturated rings. The fourth-order valence-corrected chi connectivity index (χ4v) is 2.14. The molecule has 2 aromatic carbocycles. The highest BCUT2D eigenvalue weighted by molar-refractivity contribution is 9.10. The van der Waals surface area contributed by atoms with Crippen molar-refractivity contribution in [3.05, 3.63) is 57.5 Å². The van der Waals surface area contributed by atoms with Gasteiger partial charge in [0.15, 0.2) is 0 Å². The van der Waals surface area contributed by atoms with Gasteiger partial charge in [-0.2, -0.15) is 0 Å². The van der Waals surface area contributed by atoms with Crippen molar-refractivity contribution in [2.75, 3.05) is 12.4 Å². The lowest BCUT2D eigenvalue weighted by atomic mass is 10.2. The second kappa shape index (κ2) is 6.08. The zero-order valence-electron chi connectivity index (χ0n) is 10.1. The Balaban J connectivity index is 2.23. The third kappa shape index (κ3) is 3.49. The summed E-state index contributed by atoms with van der Waals surface area (Å²) in [5, 5.41) is 3.18. The summed E-state index contributed by atoms with van der Waals surface area (Å²) in [7, 11) is 1.58. The molecule has 2 rings (SSSR count). The molecule has 2 aromatic rings. The highest BCUT2D eigenvalue weighted by atomic mass is 79.9. The maximum Gasteiger partial charge on any atom is 0.257 e. The quantitative estimate of drug-likeness (QED) is 0.901. The van der Waals surface area contributed by atoms with E-state index in [0.29, 0.717) is 22.0 Å². The van der Waals surface area contributed by atoms with Crippen LogP contribution >= 0.6 is 27.5 Å². The van der Waals surface area contributed by atoms with Gasteiger partial charge >= 0.3 is 0 Å². The molecule has 0 radical (unpaired) electrons. The molecule has 0 unspecified atom stereocenters. The van der Waals surface area contributed by atoms with Crippen LogP contribution in [0.15, 0.2) is 46.9 Å². The number of anilines is 1. The molecule has 0 saturated carbocycles. The van der Waals surface area contributed by atoms with Crippen molar-refractivity contribution in [2.24, 2.45) is 0 Å². The van der Waals surface area contributed by atoms with Crippen molar-refractivity contribution in [2.45, 2.75) is 0 Å². The Hall–Kier alpha value is -1.52. The number of hydrogen-bond donors (Lipinski definition) is 1. The monoisotopic (exact) mass is 339 g/mol. The van der Waals surface area contributed by atoms with Gasteiger partial charge in [0, 0.05) is 16.2 Å². The molecule has 5 heteroatoms. The van der Waals surface area contributed by atoms with E-state index in [0.717, 1.165) is 4.47 Å². The first-order valence-corrected chi connectivity index (χ1v) is 6.67. The fraction of sp³-hybridized carbons (Fsp3) is 0.0714.